The van der Waals surface area contributed by atoms with Gasteiger partial charge in [0.25, 0.3) is 5.91 Å². The lowest BCUT2D eigenvalue weighted by atomic mass is 9.93. The molecule has 1 aliphatic rings. The third-order valence-electron chi connectivity index (χ3n) is 3.19. The minimum atomic E-state index is -0.0256. The van der Waals surface area contributed by atoms with Crippen LogP contribution in [0.4, 0.5) is 5.82 Å². The van der Waals surface area contributed by atoms with Crippen LogP contribution in [-0.2, 0) is 0 Å². The summed E-state index contributed by atoms with van der Waals surface area (Å²) in [5, 5.41) is 0. The topological polar surface area (TPSA) is 71.2 Å². The van der Waals surface area contributed by atoms with Crippen molar-refractivity contribution < 1.29 is 4.79 Å². The Morgan fingerprint density at radius 3 is 2.89 bits per heavy atom. The molecular weight excluding hydrogens is 296 g/mol. The molecule has 0 spiro atoms. The molecule has 2 heterocycles. The molecule has 6 heteroatoms. The molecule has 1 aromatic heterocycles. The van der Waals surface area contributed by atoms with Gasteiger partial charge in [-0.3, -0.25) is 4.79 Å². The van der Waals surface area contributed by atoms with Crippen molar-refractivity contribution in [1.29, 1.82) is 0 Å². The van der Waals surface area contributed by atoms with E-state index in [0.717, 1.165) is 24.0 Å². The first-order valence-electron chi connectivity index (χ1n) is 5.84. The molecule has 0 aliphatic carbocycles. The SMILES string of the molecule is CC1(C)CCN(C(=O)c2cc(Br)cnc2NN)C1. The number of hydrazine groups is 1. The lowest BCUT2D eigenvalue weighted by molar-refractivity contribution is 0.0779. The molecule has 3 N–H and O–H groups in total. The number of nitrogens with one attached hydrogen (secondary N) is 1. The number of hydrogen-bond donors (Lipinski definition) is 2. The normalized spacial score (nSPS) is 17.9. The monoisotopic (exact) mass is 312 g/mol. The summed E-state index contributed by atoms with van der Waals surface area (Å²) in [6, 6.07) is 1.75. The lowest BCUT2D eigenvalue weighted by Crippen LogP contribution is -2.31. The number of pyridine rings is 1. The van der Waals surface area contributed by atoms with Gasteiger partial charge in [-0.15, -0.1) is 0 Å². The maximum absolute atomic E-state index is 12.4. The number of rotatable bonds is 2. The van der Waals surface area contributed by atoms with E-state index in [1.165, 1.54) is 0 Å². The molecule has 0 bridgehead atoms. The Labute approximate surface area is 115 Å². The van der Waals surface area contributed by atoms with E-state index in [1.54, 1.807) is 12.3 Å². The standard InChI is InChI=1S/C12H17BrN4O/c1-12(2)3-4-17(7-12)11(18)9-5-8(13)6-15-10(9)16-14/h5-6H,3-4,7,14H2,1-2H3,(H,15,16). The molecule has 1 amide bonds. The van der Waals surface area contributed by atoms with E-state index >= 15 is 0 Å². The van der Waals surface area contributed by atoms with Gasteiger partial charge in [-0.05, 0) is 33.8 Å². The molecule has 1 saturated heterocycles. The van der Waals surface area contributed by atoms with Gasteiger partial charge in [0.2, 0.25) is 0 Å². The molecule has 1 aliphatic heterocycles. The number of anilines is 1. The third kappa shape index (κ3) is 2.64. The Morgan fingerprint density at radius 1 is 1.61 bits per heavy atom. The van der Waals surface area contributed by atoms with Crippen LogP contribution < -0.4 is 11.3 Å². The van der Waals surface area contributed by atoms with Crippen LogP contribution in [0.2, 0.25) is 0 Å². The van der Waals surface area contributed by atoms with Gasteiger partial charge in [-0.2, -0.15) is 0 Å². The molecular formula is C12H17BrN4O. The molecule has 2 rings (SSSR count). The average Bonchev–Trinajstić information content (AvgIpc) is 2.68. The maximum atomic E-state index is 12.4. The predicted octanol–water partition coefficient (Wildman–Crippen LogP) is 2.00. The highest BCUT2D eigenvalue weighted by molar-refractivity contribution is 9.10. The number of amides is 1. The number of likely N-dealkylation sites (tertiary alicyclic amines) is 1. The first kappa shape index (κ1) is 13.3. The zero-order valence-corrected chi connectivity index (χ0v) is 12.1. The van der Waals surface area contributed by atoms with E-state index in [-0.39, 0.29) is 11.3 Å². The summed E-state index contributed by atoms with van der Waals surface area (Å²) in [7, 11) is 0. The van der Waals surface area contributed by atoms with Crippen molar-refractivity contribution in [3.8, 4) is 0 Å². The number of nitrogen functional groups attached to an aromatic ring is 1. The fourth-order valence-corrected chi connectivity index (χ4v) is 2.50. The summed E-state index contributed by atoms with van der Waals surface area (Å²) in [5.74, 6) is 5.78. The average molecular weight is 313 g/mol. The Kier molecular flexibility index (Phi) is 3.59. The summed E-state index contributed by atoms with van der Waals surface area (Å²) >= 11 is 3.32. The predicted molar refractivity (Wildman–Crippen MR) is 74.0 cm³/mol. The van der Waals surface area contributed by atoms with Crippen LogP contribution in [0.3, 0.4) is 0 Å². The van der Waals surface area contributed by atoms with E-state index < -0.39 is 0 Å². The smallest absolute Gasteiger partial charge is 0.257 e. The Morgan fingerprint density at radius 2 is 2.33 bits per heavy atom. The molecule has 18 heavy (non-hydrogen) atoms. The molecule has 1 aromatic rings. The summed E-state index contributed by atoms with van der Waals surface area (Å²) in [6.07, 6.45) is 2.63. The van der Waals surface area contributed by atoms with Crippen LogP contribution in [0.1, 0.15) is 30.6 Å². The number of aromatic nitrogens is 1. The van der Waals surface area contributed by atoms with E-state index in [4.69, 9.17) is 5.84 Å². The molecule has 1 fully saturated rings. The molecule has 0 atom stereocenters. The van der Waals surface area contributed by atoms with E-state index in [9.17, 15) is 4.79 Å². The van der Waals surface area contributed by atoms with Gasteiger partial charge in [0.15, 0.2) is 5.82 Å². The Hall–Kier alpha value is -1.14. The quantitative estimate of drug-likeness (QED) is 0.647. The van der Waals surface area contributed by atoms with Gasteiger partial charge in [0.1, 0.15) is 0 Å². The van der Waals surface area contributed by atoms with Crippen molar-refractivity contribution in [3.05, 3.63) is 22.3 Å². The van der Waals surface area contributed by atoms with Crippen LogP contribution in [0, 0.1) is 5.41 Å². The number of halogens is 1. The van der Waals surface area contributed by atoms with E-state index in [2.05, 4.69) is 40.2 Å². The van der Waals surface area contributed by atoms with E-state index in [0.29, 0.717) is 11.4 Å². The van der Waals surface area contributed by atoms with Gasteiger partial charge >= 0.3 is 0 Å². The highest BCUT2D eigenvalue weighted by Gasteiger charge is 2.33. The van der Waals surface area contributed by atoms with Crippen LogP contribution in [0.25, 0.3) is 0 Å². The zero-order valence-electron chi connectivity index (χ0n) is 10.5. The van der Waals surface area contributed by atoms with Gasteiger partial charge in [-0.25, -0.2) is 10.8 Å². The molecule has 98 valence electrons. The second-order valence-electron chi connectivity index (χ2n) is 5.33. The molecule has 0 radical (unpaired) electrons. The van der Waals surface area contributed by atoms with E-state index in [1.807, 2.05) is 4.90 Å². The van der Waals surface area contributed by atoms with Crippen LogP contribution in [0.5, 0.6) is 0 Å². The maximum Gasteiger partial charge on any atom is 0.257 e. The van der Waals surface area contributed by atoms with Crippen LogP contribution >= 0.6 is 15.9 Å². The second kappa shape index (κ2) is 4.85. The summed E-state index contributed by atoms with van der Waals surface area (Å²) < 4.78 is 0.767. The minimum absolute atomic E-state index is 0.0256. The summed E-state index contributed by atoms with van der Waals surface area (Å²) in [5.41, 5.74) is 3.16. The van der Waals surface area contributed by atoms with Gasteiger partial charge in [-0.1, -0.05) is 13.8 Å². The molecule has 0 saturated carbocycles. The number of nitrogens with two attached hydrogens (primary N) is 1. The Balaban J connectivity index is 2.26. The molecule has 5 nitrogen and oxygen atoms in total. The second-order valence-corrected chi connectivity index (χ2v) is 6.25. The van der Waals surface area contributed by atoms with Crippen LogP contribution in [0.15, 0.2) is 16.7 Å². The van der Waals surface area contributed by atoms with Gasteiger partial charge in [0, 0.05) is 23.8 Å². The lowest BCUT2D eigenvalue weighted by Gasteiger charge is -2.20. The fraction of sp³-hybridized carbons (Fsp3) is 0.500. The fourth-order valence-electron chi connectivity index (χ4n) is 2.17. The first-order chi connectivity index (χ1) is 8.43. The van der Waals surface area contributed by atoms with Crippen LogP contribution in [-0.4, -0.2) is 28.9 Å². The highest BCUT2D eigenvalue weighted by atomic mass is 79.9. The van der Waals surface area contributed by atoms with Crippen molar-refractivity contribution in [3.63, 3.8) is 0 Å². The van der Waals surface area contributed by atoms with Crippen molar-refractivity contribution >= 4 is 27.7 Å². The number of carbonyl (C=O) groups is 1. The number of hydrogen-bond acceptors (Lipinski definition) is 4. The number of nitrogens with zero attached hydrogens (tertiary/aromatic N) is 2. The van der Waals surface area contributed by atoms with Crippen molar-refractivity contribution in [2.24, 2.45) is 11.3 Å². The zero-order chi connectivity index (χ0) is 13.3. The molecule has 0 aromatic carbocycles. The van der Waals surface area contributed by atoms with Gasteiger partial charge < -0.3 is 10.3 Å². The summed E-state index contributed by atoms with van der Waals surface area (Å²) in [6.45, 7) is 5.88. The largest absolute Gasteiger partial charge is 0.338 e. The molecule has 0 unspecified atom stereocenters. The van der Waals surface area contributed by atoms with Crippen molar-refractivity contribution in [2.75, 3.05) is 18.5 Å². The number of carbonyl (C=O) groups excluding carboxylic acids is 1. The third-order valence-corrected chi connectivity index (χ3v) is 3.62. The van der Waals surface area contributed by atoms with Gasteiger partial charge in [0.05, 0.1) is 5.56 Å². The minimum Gasteiger partial charge on any atom is -0.338 e. The summed E-state index contributed by atoms with van der Waals surface area (Å²) in [4.78, 5) is 18.4. The first-order valence-corrected chi connectivity index (χ1v) is 6.64. The Bertz CT molecular complexity index is 475. The van der Waals surface area contributed by atoms with Crippen molar-refractivity contribution in [1.82, 2.24) is 9.88 Å². The van der Waals surface area contributed by atoms with Crippen molar-refractivity contribution in [2.45, 2.75) is 20.3 Å². The highest BCUT2D eigenvalue weighted by Crippen LogP contribution is 2.30.